The van der Waals surface area contributed by atoms with Gasteiger partial charge in [0.25, 0.3) is 0 Å². The fourth-order valence-corrected chi connectivity index (χ4v) is 6.15. The molecule has 5 heteroatoms. The van der Waals surface area contributed by atoms with Crippen molar-refractivity contribution in [3.05, 3.63) is 95.6 Å². The second kappa shape index (κ2) is 9.65. The monoisotopic (exact) mass is 470 g/mol. The van der Waals surface area contributed by atoms with Crippen molar-refractivity contribution in [2.45, 2.75) is 30.9 Å². The molecule has 5 nitrogen and oxygen atoms in total. The van der Waals surface area contributed by atoms with Crippen LogP contribution in [0.15, 0.2) is 78.9 Å². The van der Waals surface area contributed by atoms with Gasteiger partial charge in [-0.3, -0.25) is 4.90 Å². The molecule has 182 valence electrons. The molecule has 2 atom stereocenters. The van der Waals surface area contributed by atoms with Gasteiger partial charge in [-0.2, -0.15) is 0 Å². The molecule has 3 aliphatic rings. The van der Waals surface area contributed by atoms with Crippen LogP contribution in [0.3, 0.4) is 0 Å². The summed E-state index contributed by atoms with van der Waals surface area (Å²) in [5.74, 6) is 2.26. The first-order chi connectivity index (χ1) is 17.2. The highest BCUT2D eigenvalue weighted by atomic mass is 16.7. The fourth-order valence-electron chi connectivity index (χ4n) is 6.15. The van der Waals surface area contributed by atoms with Gasteiger partial charge in [0, 0.05) is 32.1 Å². The van der Waals surface area contributed by atoms with Crippen LogP contribution >= 0.6 is 0 Å². The maximum absolute atomic E-state index is 12.2. The highest BCUT2D eigenvalue weighted by Gasteiger charge is 2.47. The smallest absolute Gasteiger partial charge is 0.231 e. The van der Waals surface area contributed by atoms with Crippen LogP contribution in [0, 0.1) is 5.92 Å². The molecule has 0 aliphatic carbocycles. The van der Waals surface area contributed by atoms with Crippen LogP contribution in [0.25, 0.3) is 0 Å². The van der Waals surface area contributed by atoms with Gasteiger partial charge in [-0.15, -0.1) is 0 Å². The van der Waals surface area contributed by atoms with Crippen molar-refractivity contribution in [3.8, 4) is 11.5 Å². The Morgan fingerprint density at radius 3 is 2.31 bits per heavy atom. The molecular formula is C30H34N2O3. The molecule has 0 radical (unpaired) electrons. The van der Waals surface area contributed by atoms with E-state index < -0.39 is 5.60 Å². The van der Waals surface area contributed by atoms with Crippen LogP contribution in [0.2, 0.25) is 0 Å². The van der Waals surface area contributed by atoms with Crippen LogP contribution in [-0.4, -0.2) is 54.4 Å². The summed E-state index contributed by atoms with van der Waals surface area (Å²) in [5, 5.41) is 12.2. The van der Waals surface area contributed by atoms with Gasteiger partial charge in [0.1, 0.15) is 5.60 Å². The normalized spacial score (nSPS) is 25.2. The zero-order valence-electron chi connectivity index (χ0n) is 20.2. The summed E-state index contributed by atoms with van der Waals surface area (Å²) in [6.07, 6.45) is 2.35. The molecule has 0 spiro atoms. The van der Waals surface area contributed by atoms with E-state index in [9.17, 15) is 5.11 Å². The van der Waals surface area contributed by atoms with Gasteiger partial charge in [-0.05, 0) is 60.7 Å². The first-order valence-electron chi connectivity index (χ1n) is 12.8. The largest absolute Gasteiger partial charge is 0.454 e. The number of ether oxygens (including phenoxy) is 2. The maximum atomic E-state index is 12.2. The highest BCUT2D eigenvalue weighted by Crippen LogP contribution is 2.43. The number of aliphatic hydroxyl groups is 1. The minimum absolute atomic E-state index is 0.125. The van der Waals surface area contributed by atoms with Crippen molar-refractivity contribution in [2.24, 2.45) is 5.92 Å². The lowest BCUT2D eigenvalue weighted by molar-refractivity contribution is -0.00802. The third-order valence-electron chi connectivity index (χ3n) is 8.08. The van der Waals surface area contributed by atoms with Gasteiger partial charge < -0.3 is 19.5 Å². The summed E-state index contributed by atoms with van der Waals surface area (Å²) in [5.41, 5.74) is 2.75. The Hall–Kier alpha value is -2.86. The van der Waals surface area contributed by atoms with E-state index in [0.29, 0.717) is 12.5 Å². The quantitative estimate of drug-likeness (QED) is 0.570. The molecule has 1 N–H and O–H groups in total. The molecule has 2 fully saturated rings. The molecule has 2 unspecified atom stereocenters. The molecule has 2 saturated heterocycles. The average molecular weight is 471 g/mol. The first-order valence-corrected chi connectivity index (χ1v) is 12.8. The first kappa shape index (κ1) is 22.6. The van der Waals surface area contributed by atoms with Crippen molar-refractivity contribution in [1.82, 2.24) is 9.80 Å². The third-order valence-corrected chi connectivity index (χ3v) is 8.08. The van der Waals surface area contributed by atoms with Crippen molar-refractivity contribution >= 4 is 0 Å². The Morgan fingerprint density at radius 2 is 1.54 bits per heavy atom. The number of hydrogen-bond donors (Lipinski definition) is 1. The van der Waals surface area contributed by atoms with Crippen molar-refractivity contribution < 1.29 is 14.6 Å². The highest BCUT2D eigenvalue weighted by molar-refractivity contribution is 5.46. The van der Waals surface area contributed by atoms with Crippen LogP contribution in [0.1, 0.15) is 35.4 Å². The fraction of sp³-hybridized carbons (Fsp3) is 0.400. The number of hydrogen-bond acceptors (Lipinski definition) is 5. The van der Waals surface area contributed by atoms with Gasteiger partial charge in [0.15, 0.2) is 11.5 Å². The molecular weight excluding hydrogens is 436 g/mol. The summed E-state index contributed by atoms with van der Waals surface area (Å²) < 4.78 is 11.2. The summed E-state index contributed by atoms with van der Waals surface area (Å²) in [6.45, 7) is 5.64. The van der Waals surface area contributed by atoms with Gasteiger partial charge in [-0.1, -0.05) is 66.7 Å². The van der Waals surface area contributed by atoms with Crippen LogP contribution in [-0.2, 0) is 12.1 Å². The zero-order valence-corrected chi connectivity index (χ0v) is 20.2. The van der Waals surface area contributed by atoms with E-state index in [1.54, 1.807) is 0 Å². The van der Waals surface area contributed by atoms with E-state index in [0.717, 1.165) is 49.8 Å². The van der Waals surface area contributed by atoms with Crippen molar-refractivity contribution in [1.29, 1.82) is 0 Å². The average Bonchev–Trinajstić information content (AvgIpc) is 3.50. The van der Waals surface area contributed by atoms with Crippen LogP contribution < -0.4 is 9.47 Å². The molecule has 3 aliphatic heterocycles. The van der Waals surface area contributed by atoms with Crippen molar-refractivity contribution in [2.75, 3.05) is 39.5 Å². The van der Waals surface area contributed by atoms with E-state index in [4.69, 9.17) is 9.47 Å². The standard InChI is InChI=1S/C30H34N2O3/c33-30(26-11-12-28-29(17-26)35-22-34-28)21-32(18-23-7-3-1-4-8-23)20-27(30)19-31-15-13-25(14-16-31)24-9-5-2-6-10-24/h1-12,17,25,27,33H,13-16,18-22H2. The molecule has 3 heterocycles. The summed E-state index contributed by atoms with van der Waals surface area (Å²) in [4.78, 5) is 4.97. The third kappa shape index (κ3) is 4.68. The van der Waals surface area contributed by atoms with E-state index in [2.05, 4.69) is 70.5 Å². The lowest BCUT2D eigenvalue weighted by Crippen LogP contribution is -2.44. The lowest BCUT2D eigenvalue weighted by Gasteiger charge is -2.37. The maximum Gasteiger partial charge on any atom is 0.231 e. The number of β-amino-alcohol motifs (C(OH)–C–C–N with tert-alkyl or cyclic N) is 1. The number of benzene rings is 3. The van der Waals surface area contributed by atoms with Gasteiger partial charge in [0.05, 0.1) is 0 Å². The Bertz CT molecular complexity index is 1130. The molecule has 0 amide bonds. The van der Waals surface area contributed by atoms with Gasteiger partial charge >= 0.3 is 0 Å². The van der Waals surface area contributed by atoms with E-state index in [1.807, 2.05) is 18.2 Å². The number of fused-ring (bicyclic) bond motifs is 1. The van der Waals surface area contributed by atoms with Gasteiger partial charge in [0.2, 0.25) is 6.79 Å². The lowest BCUT2D eigenvalue weighted by atomic mass is 9.82. The Morgan fingerprint density at radius 1 is 0.829 bits per heavy atom. The molecule has 3 aromatic rings. The minimum Gasteiger partial charge on any atom is -0.454 e. The molecule has 0 bridgehead atoms. The predicted octanol–water partition coefficient (Wildman–Crippen LogP) is 4.61. The number of rotatable bonds is 6. The predicted molar refractivity (Wildman–Crippen MR) is 137 cm³/mol. The SMILES string of the molecule is OC1(c2ccc3c(c2)OCO3)CN(Cc2ccccc2)CC1CN1CCC(c2ccccc2)CC1. The number of nitrogens with zero attached hydrogens (tertiary/aromatic N) is 2. The number of piperidine rings is 1. The molecule has 3 aromatic carbocycles. The molecule has 35 heavy (non-hydrogen) atoms. The Kier molecular flexibility index (Phi) is 6.23. The Labute approximate surface area is 207 Å². The van der Waals surface area contributed by atoms with Crippen LogP contribution in [0.4, 0.5) is 0 Å². The molecule has 0 saturated carbocycles. The topological polar surface area (TPSA) is 45.2 Å². The van der Waals surface area contributed by atoms with Gasteiger partial charge in [-0.25, -0.2) is 0 Å². The van der Waals surface area contributed by atoms with Crippen molar-refractivity contribution in [3.63, 3.8) is 0 Å². The minimum atomic E-state index is -0.925. The Balaban J connectivity index is 1.19. The van der Waals surface area contributed by atoms with E-state index in [1.165, 1.54) is 24.0 Å². The summed E-state index contributed by atoms with van der Waals surface area (Å²) >= 11 is 0. The zero-order chi connectivity index (χ0) is 23.7. The van der Waals surface area contributed by atoms with E-state index in [-0.39, 0.29) is 12.7 Å². The second-order valence-electron chi connectivity index (χ2n) is 10.3. The second-order valence-corrected chi connectivity index (χ2v) is 10.3. The summed E-state index contributed by atoms with van der Waals surface area (Å²) in [6, 6.07) is 27.4. The molecule has 0 aromatic heterocycles. The van der Waals surface area contributed by atoms with E-state index >= 15 is 0 Å². The number of likely N-dealkylation sites (tertiary alicyclic amines) is 2. The molecule has 6 rings (SSSR count). The van der Waals surface area contributed by atoms with Crippen LogP contribution in [0.5, 0.6) is 11.5 Å². The summed E-state index contributed by atoms with van der Waals surface area (Å²) in [7, 11) is 0.